The second-order valence-electron chi connectivity index (χ2n) is 29.9. The molecule has 0 saturated heterocycles. The molecule has 8 saturated carbocycles. The van der Waals surface area contributed by atoms with E-state index in [4.69, 9.17) is 0 Å². The van der Waals surface area contributed by atoms with E-state index < -0.39 is 34.3 Å². The van der Waals surface area contributed by atoms with Gasteiger partial charge in [0.15, 0.2) is 0 Å². The number of fused-ring (bicyclic) bond motifs is 14. The molecule has 0 spiro atoms. The minimum absolute atomic E-state index is 0.0204. The van der Waals surface area contributed by atoms with Gasteiger partial charge in [-0.15, -0.1) is 0 Å². The smallest absolute Gasteiger partial charge is 0.310 e. The van der Waals surface area contributed by atoms with E-state index >= 15 is 0 Å². The van der Waals surface area contributed by atoms with Gasteiger partial charge in [-0.2, -0.15) is 0 Å². The molecule has 0 amide bonds. The molecular formula is C60H96O7. The van der Waals surface area contributed by atoms with Gasteiger partial charge in [0.25, 0.3) is 0 Å². The Hall–Kier alpha value is -1.70. The third-order valence-corrected chi connectivity index (χ3v) is 26.2. The summed E-state index contributed by atoms with van der Waals surface area (Å²) >= 11 is 0. The Kier molecular flexibility index (Phi) is 11.6. The summed E-state index contributed by atoms with van der Waals surface area (Å²) in [6.07, 6.45) is 24.2. The highest BCUT2D eigenvalue weighted by Gasteiger charge is 2.72. The minimum Gasteiger partial charge on any atom is -0.481 e. The van der Waals surface area contributed by atoms with Crippen LogP contribution in [0.2, 0.25) is 0 Å². The molecule has 8 fully saturated rings. The fourth-order valence-corrected chi connectivity index (χ4v) is 21.3. The van der Waals surface area contributed by atoms with Gasteiger partial charge in [0, 0.05) is 5.41 Å². The predicted octanol–water partition coefficient (Wildman–Crippen LogP) is 13.4. The van der Waals surface area contributed by atoms with E-state index in [-0.39, 0.29) is 73.3 Å². The number of allylic oxidation sites excluding steroid dienone is 4. The van der Waals surface area contributed by atoms with E-state index in [0.717, 1.165) is 116 Å². The molecule has 0 bridgehead atoms. The first-order chi connectivity index (χ1) is 30.8. The number of hydrogen-bond donors (Lipinski definition) is 5. The van der Waals surface area contributed by atoms with Crippen LogP contribution in [0.25, 0.3) is 0 Å². The molecule has 7 nitrogen and oxygen atoms in total. The summed E-state index contributed by atoms with van der Waals surface area (Å²) in [4.78, 5) is 25.5. The molecule has 378 valence electrons. The molecule has 0 aromatic rings. The molecule has 6 unspecified atom stereocenters. The van der Waals surface area contributed by atoms with Gasteiger partial charge in [-0.05, 0) is 213 Å². The van der Waals surface area contributed by atoms with Crippen molar-refractivity contribution in [2.45, 2.75) is 231 Å². The number of rotatable bonds is 3. The first-order valence-corrected chi connectivity index (χ1v) is 27.7. The zero-order valence-corrected chi connectivity index (χ0v) is 44.7. The molecule has 0 aromatic heterocycles. The molecule has 10 aliphatic carbocycles. The Morgan fingerprint density at radius 3 is 1.30 bits per heavy atom. The number of carbonyl (C=O) groups is 2. The number of hydrogen-bond acceptors (Lipinski definition) is 5. The maximum atomic E-state index is 12.8. The van der Waals surface area contributed by atoms with Crippen molar-refractivity contribution < 1.29 is 35.1 Å². The summed E-state index contributed by atoms with van der Waals surface area (Å²) in [5.74, 6) is 1.20. The predicted molar refractivity (Wildman–Crippen MR) is 267 cm³/mol. The van der Waals surface area contributed by atoms with Crippen LogP contribution in [-0.2, 0) is 9.59 Å². The van der Waals surface area contributed by atoms with Gasteiger partial charge in [-0.3, -0.25) is 9.59 Å². The summed E-state index contributed by atoms with van der Waals surface area (Å²) < 4.78 is 0. The Balaban J connectivity index is 0.000000168. The van der Waals surface area contributed by atoms with Crippen molar-refractivity contribution in [1.29, 1.82) is 0 Å². The van der Waals surface area contributed by atoms with Gasteiger partial charge in [0.2, 0.25) is 0 Å². The Labute approximate surface area is 406 Å². The van der Waals surface area contributed by atoms with Crippen LogP contribution in [0.1, 0.15) is 218 Å². The van der Waals surface area contributed by atoms with Crippen LogP contribution in [0.3, 0.4) is 0 Å². The van der Waals surface area contributed by atoms with E-state index in [9.17, 15) is 35.1 Å². The largest absolute Gasteiger partial charge is 0.481 e. The van der Waals surface area contributed by atoms with Crippen molar-refractivity contribution in [3.63, 3.8) is 0 Å². The van der Waals surface area contributed by atoms with Crippen LogP contribution < -0.4 is 0 Å². The normalized spacial score (nSPS) is 53.3. The van der Waals surface area contributed by atoms with Crippen LogP contribution in [-0.4, -0.2) is 56.3 Å². The van der Waals surface area contributed by atoms with Crippen LogP contribution in [0.4, 0.5) is 0 Å². The highest BCUT2D eigenvalue weighted by Crippen LogP contribution is 2.78. The van der Waals surface area contributed by atoms with Gasteiger partial charge in [0.05, 0.1) is 29.6 Å². The second-order valence-corrected chi connectivity index (χ2v) is 29.9. The fourth-order valence-electron chi connectivity index (χ4n) is 21.3. The first kappa shape index (κ1) is 50.2. The van der Waals surface area contributed by atoms with Gasteiger partial charge in [-0.1, -0.05) is 113 Å². The molecule has 0 aliphatic heterocycles. The van der Waals surface area contributed by atoms with Crippen LogP contribution in [0.15, 0.2) is 23.3 Å². The summed E-state index contributed by atoms with van der Waals surface area (Å²) in [5.41, 5.74) is 2.53. The van der Waals surface area contributed by atoms with Crippen LogP contribution in [0.5, 0.6) is 0 Å². The molecule has 10 aliphatic rings. The molecular weight excluding hydrogens is 833 g/mol. The molecule has 7 heteroatoms. The Bertz CT molecular complexity index is 2080. The Morgan fingerprint density at radius 2 is 0.881 bits per heavy atom. The monoisotopic (exact) mass is 929 g/mol. The third kappa shape index (κ3) is 6.54. The maximum Gasteiger partial charge on any atom is 0.310 e. The van der Waals surface area contributed by atoms with Crippen molar-refractivity contribution in [2.24, 2.45) is 100 Å². The number of aliphatic hydroxyl groups excluding tert-OH is 3. The van der Waals surface area contributed by atoms with Gasteiger partial charge in [0.1, 0.15) is 0 Å². The van der Waals surface area contributed by atoms with Crippen LogP contribution >= 0.6 is 0 Å². The Morgan fingerprint density at radius 1 is 0.493 bits per heavy atom. The number of carboxylic acids is 2. The minimum atomic E-state index is -0.588. The number of carboxylic acid groups (broad SMARTS) is 2. The zero-order chi connectivity index (χ0) is 49.2. The molecule has 67 heavy (non-hydrogen) atoms. The van der Waals surface area contributed by atoms with Gasteiger partial charge >= 0.3 is 11.9 Å². The van der Waals surface area contributed by atoms with E-state index in [1.165, 1.54) is 24.0 Å². The fraction of sp³-hybridized carbons (Fsp3) is 0.900. The molecule has 0 radical (unpaired) electrons. The lowest BCUT2D eigenvalue weighted by atomic mass is 9.33. The highest BCUT2D eigenvalue weighted by atomic mass is 16.4. The summed E-state index contributed by atoms with van der Waals surface area (Å²) in [7, 11) is 0. The number of aliphatic hydroxyl groups is 3. The average Bonchev–Trinajstić information content (AvgIpc) is 3.24. The molecule has 17 atom stereocenters. The van der Waals surface area contributed by atoms with Crippen molar-refractivity contribution in [1.82, 2.24) is 0 Å². The maximum absolute atomic E-state index is 12.8. The van der Waals surface area contributed by atoms with E-state index in [1.807, 2.05) is 0 Å². The average molecular weight is 929 g/mol. The molecule has 0 aromatic carbocycles. The SMILES string of the molecule is CC1(C)CC[C@]2(C(=O)O)CC[C@]3(C)C(=CCC4[C@@]5(C)CC[C@H](O)C(C)(C)C5CC[C@]43C)C2C1.CC1(C)CC[C@]2(C(=O)O)CC[C@]3(C)C(=CCC4[C@@]5(C)CC[C@H](O)[C@@](C)(CO)C5CC[C@]43C)C2C1. The van der Waals surface area contributed by atoms with Crippen LogP contribution in [0, 0.1) is 100 Å². The van der Waals surface area contributed by atoms with E-state index in [1.54, 1.807) is 0 Å². The van der Waals surface area contributed by atoms with Crippen molar-refractivity contribution in [2.75, 3.05) is 6.61 Å². The van der Waals surface area contributed by atoms with Crippen molar-refractivity contribution in [3.8, 4) is 0 Å². The van der Waals surface area contributed by atoms with Gasteiger partial charge < -0.3 is 25.5 Å². The molecule has 0 heterocycles. The summed E-state index contributed by atoms with van der Waals surface area (Å²) in [6, 6.07) is 0. The molecule has 5 N–H and O–H groups in total. The summed E-state index contributed by atoms with van der Waals surface area (Å²) in [5, 5.41) is 53.2. The van der Waals surface area contributed by atoms with Gasteiger partial charge in [-0.25, -0.2) is 0 Å². The number of aliphatic carboxylic acids is 2. The second kappa shape index (κ2) is 15.4. The van der Waals surface area contributed by atoms with Crippen molar-refractivity contribution in [3.05, 3.63) is 23.3 Å². The lowest BCUT2D eigenvalue weighted by Gasteiger charge is -2.71. The topological polar surface area (TPSA) is 135 Å². The zero-order valence-electron chi connectivity index (χ0n) is 44.7. The third-order valence-electron chi connectivity index (χ3n) is 26.2. The first-order valence-electron chi connectivity index (χ1n) is 27.7. The lowest BCUT2D eigenvalue weighted by molar-refractivity contribution is -0.216. The summed E-state index contributed by atoms with van der Waals surface area (Å²) in [6.45, 7) is 31.2. The van der Waals surface area contributed by atoms with E-state index in [2.05, 4.69) is 102 Å². The van der Waals surface area contributed by atoms with Crippen molar-refractivity contribution >= 4 is 11.9 Å². The lowest BCUT2D eigenvalue weighted by Crippen LogP contribution is -2.65. The quantitative estimate of drug-likeness (QED) is 0.178. The highest BCUT2D eigenvalue weighted by molar-refractivity contribution is 5.77. The van der Waals surface area contributed by atoms with E-state index in [0.29, 0.717) is 23.7 Å². The molecule has 10 rings (SSSR count). The standard InChI is InChI=1S/C30H48O4.C30H48O3/c1-25(2)13-15-30(24(33)34)16-14-28(5)19(20(30)17-25)7-8-22-26(3)11-10-23(32)27(4,18-31)21(26)9-12-29(22,28)6;1-25(2)14-16-30(24(32)33)17-15-28(6)19(20(30)18-25)8-9-22-27(5)12-11-23(31)26(3,4)21(27)10-13-29(22,28)7/h7,20-23,31-32H,8-18H2,1-6H3,(H,33,34);8,20-23,31H,9-18H2,1-7H3,(H,32,33)/t20?,21?,22?,23-,26-,27-,28+,29+,30-;20?,21?,22?,23-,27-,28+,29+,30-/m00/s1.